The summed E-state index contributed by atoms with van der Waals surface area (Å²) in [6.45, 7) is 0.0565. The number of hydrogen-bond acceptors (Lipinski definition) is 5. The number of methoxy groups -OCH3 is 1. The Balaban J connectivity index is 1.60. The third-order valence-electron chi connectivity index (χ3n) is 4.64. The van der Waals surface area contributed by atoms with Gasteiger partial charge in [0.2, 0.25) is 11.8 Å². The summed E-state index contributed by atoms with van der Waals surface area (Å²) in [5.41, 5.74) is 1.50. The highest BCUT2D eigenvalue weighted by molar-refractivity contribution is 6.31. The van der Waals surface area contributed by atoms with Gasteiger partial charge in [0.05, 0.1) is 12.8 Å². The summed E-state index contributed by atoms with van der Waals surface area (Å²) in [6.07, 6.45) is 1.54. The maximum Gasteiger partial charge on any atom is 0.264 e. The normalized spacial score (nSPS) is 12.3. The molecule has 2 heterocycles. The summed E-state index contributed by atoms with van der Waals surface area (Å²) in [5, 5.41) is 3.25. The molecule has 2 aromatic carbocycles. The number of rotatable bonds is 5. The van der Waals surface area contributed by atoms with Gasteiger partial charge in [0, 0.05) is 23.3 Å². The third-order valence-corrected chi connectivity index (χ3v) is 4.87. The van der Waals surface area contributed by atoms with Crippen molar-refractivity contribution >= 4 is 29.1 Å². The average molecular weight is 424 g/mol. The lowest BCUT2D eigenvalue weighted by atomic mass is 10.2. The summed E-state index contributed by atoms with van der Waals surface area (Å²) in [4.78, 5) is 31.4. The molecule has 4 rings (SSSR count). The van der Waals surface area contributed by atoms with Crippen LogP contribution in [0.1, 0.15) is 15.9 Å². The van der Waals surface area contributed by atoms with E-state index >= 15 is 0 Å². The number of halogens is 1. The van der Waals surface area contributed by atoms with Crippen LogP contribution in [0.25, 0.3) is 0 Å². The van der Waals surface area contributed by atoms with Gasteiger partial charge in [-0.15, -0.1) is 0 Å². The number of fused-ring (bicyclic) bond motifs is 2. The maximum atomic E-state index is 13.2. The monoisotopic (exact) mass is 423 g/mol. The van der Waals surface area contributed by atoms with Gasteiger partial charge >= 0.3 is 0 Å². The lowest BCUT2D eigenvalue weighted by Gasteiger charge is -2.22. The highest BCUT2D eigenvalue weighted by Gasteiger charge is 2.30. The van der Waals surface area contributed by atoms with Crippen molar-refractivity contribution < 1.29 is 19.1 Å². The lowest BCUT2D eigenvalue weighted by molar-refractivity contribution is -0.119. The van der Waals surface area contributed by atoms with E-state index in [4.69, 9.17) is 21.1 Å². The Morgan fingerprint density at radius 3 is 2.87 bits per heavy atom. The summed E-state index contributed by atoms with van der Waals surface area (Å²) in [7, 11) is 1.57. The van der Waals surface area contributed by atoms with Crippen LogP contribution in [0.15, 0.2) is 60.8 Å². The first-order chi connectivity index (χ1) is 14.6. The molecule has 1 aliphatic heterocycles. The van der Waals surface area contributed by atoms with Crippen LogP contribution in [0.2, 0.25) is 5.02 Å². The van der Waals surface area contributed by atoms with Gasteiger partial charge in [0.25, 0.3) is 5.91 Å². The maximum absolute atomic E-state index is 13.2. The van der Waals surface area contributed by atoms with Crippen molar-refractivity contribution in [1.29, 1.82) is 0 Å². The minimum Gasteiger partial charge on any atom is -0.496 e. The fraction of sp³-hybridized carbons (Fsp3) is 0.136. The number of pyridine rings is 1. The second-order valence-electron chi connectivity index (χ2n) is 6.55. The van der Waals surface area contributed by atoms with E-state index in [9.17, 15) is 9.59 Å². The van der Waals surface area contributed by atoms with Gasteiger partial charge < -0.3 is 14.8 Å². The van der Waals surface area contributed by atoms with Crippen LogP contribution in [0, 0.1) is 0 Å². The minimum atomic E-state index is -0.397. The number of aromatic nitrogens is 1. The van der Waals surface area contributed by atoms with Gasteiger partial charge in [-0.05, 0) is 36.4 Å². The molecule has 30 heavy (non-hydrogen) atoms. The van der Waals surface area contributed by atoms with Crippen LogP contribution in [-0.2, 0) is 11.3 Å². The SMILES string of the molecule is COc1ccccc1CNC(=O)CN1C(=O)c2cccnc2Oc2ccc(Cl)cc21. The van der Waals surface area contributed by atoms with E-state index < -0.39 is 5.91 Å². The summed E-state index contributed by atoms with van der Waals surface area (Å²) >= 11 is 6.14. The van der Waals surface area contributed by atoms with Gasteiger partial charge in [0.1, 0.15) is 17.9 Å². The molecule has 1 aromatic heterocycles. The molecule has 0 spiro atoms. The Kier molecular flexibility index (Phi) is 5.54. The highest BCUT2D eigenvalue weighted by atomic mass is 35.5. The molecular weight excluding hydrogens is 406 g/mol. The molecule has 8 heteroatoms. The summed E-state index contributed by atoms with van der Waals surface area (Å²) in [5.74, 6) is 0.513. The standard InChI is InChI=1S/C22H18ClN3O4/c1-29-18-7-3-2-5-14(18)12-25-20(27)13-26-17-11-15(23)8-9-19(17)30-21-16(22(26)28)6-4-10-24-21/h2-11H,12-13H2,1H3,(H,25,27). The number of nitrogens with zero attached hydrogens (tertiary/aromatic N) is 2. The van der Waals surface area contributed by atoms with Crippen LogP contribution < -0.4 is 19.7 Å². The van der Waals surface area contributed by atoms with Crippen molar-refractivity contribution in [1.82, 2.24) is 10.3 Å². The predicted molar refractivity (Wildman–Crippen MR) is 112 cm³/mol. The number of hydrogen-bond donors (Lipinski definition) is 1. The zero-order valence-electron chi connectivity index (χ0n) is 16.1. The smallest absolute Gasteiger partial charge is 0.264 e. The van der Waals surface area contributed by atoms with Gasteiger partial charge in [-0.1, -0.05) is 29.8 Å². The van der Waals surface area contributed by atoms with Crippen LogP contribution in [-0.4, -0.2) is 30.5 Å². The van der Waals surface area contributed by atoms with E-state index in [-0.39, 0.29) is 30.4 Å². The molecule has 152 valence electrons. The zero-order chi connectivity index (χ0) is 21.1. The quantitative estimate of drug-likeness (QED) is 0.674. The molecule has 0 saturated carbocycles. The first-order valence-corrected chi connectivity index (χ1v) is 9.57. The molecule has 0 saturated heterocycles. The Labute approximate surface area is 178 Å². The molecule has 3 aromatic rings. The first kappa shape index (κ1) is 19.7. The lowest BCUT2D eigenvalue weighted by Crippen LogP contribution is -2.40. The van der Waals surface area contributed by atoms with E-state index in [0.29, 0.717) is 22.2 Å². The van der Waals surface area contributed by atoms with Crippen molar-refractivity contribution in [3.8, 4) is 17.4 Å². The molecular formula is C22H18ClN3O4. The van der Waals surface area contributed by atoms with Gasteiger partial charge in [-0.25, -0.2) is 4.98 Å². The number of benzene rings is 2. The van der Waals surface area contributed by atoms with Crippen molar-refractivity contribution in [3.05, 3.63) is 76.9 Å². The Hall–Kier alpha value is -3.58. The number of carbonyl (C=O) groups is 2. The van der Waals surface area contributed by atoms with Gasteiger partial charge in [0.15, 0.2) is 5.75 Å². The Morgan fingerprint density at radius 2 is 2.03 bits per heavy atom. The van der Waals surface area contributed by atoms with Crippen molar-refractivity contribution in [2.24, 2.45) is 0 Å². The van der Waals surface area contributed by atoms with Crippen LogP contribution >= 0.6 is 11.6 Å². The van der Waals surface area contributed by atoms with E-state index in [2.05, 4.69) is 10.3 Å². The highest BCUT2D eigenvalue weighted by Crippen LogP contribution is 2.39. The number of para-hydroxylation sites is 1. The molecule has 1 N–H and O–H groups in total. The number of anilines is 1. The van der Waals surface area contributed by atoms with E-state index in [1.807, 2.05) is 24.3 Å². The number of carbonyl (C=O) groups excluding carboxylic acids is 2. The molecule has 0 bridgehead atoms. The summed E-state index contributed by atoms with van der Waals surface area (Å²) < 4.78 is 11.1. The van der Waals surface area contributed by atoms with E-state index in [1.54, 1.807) is 37.4 Å². The molecule has 0 fully saturated rings. The largest absolute Gasteiger partial charge is 0.496 e. The van der Waals surface area contributed by atoms with Crippen LogP contribution in [0.3, 0.4) is 0 Å². The second-order valence-corrected chi connectivity index (χ2v) is 6.99. The number of nitrogens with one attached hydrogen (secondary N) is 1. The number of ether oxygens (including phenoxy) is 2. The molecule has 0 unspecified atom stereocenters. The Morgan fingerprint density at radius 1 is 1.20 bits per heavy atom. The fourth-order valence-electron chi connectivity index (χ4n) is 3.18. The first-order valence-electron chi connectivity index (χ1n) is 9.19. The van der Waals surface area contributed by atoms with Crippen molar-refractivity contribution in [3.63, 3.8) is 0 Å². The second kappa shape index (κ2) is 8.42. The van der Waals surface area contributed by atoms with Gasteiger partial charge in [-0.2, -0.15) is 0 Å². The Bertz CT molecular complexity index is 1120. The van der Waals surface area contributed by atoms with Crippen molar-refractivity contribution in [2.45, 2.75) is 6.54 Å². The molecule has 1 aliphatic rings. The van der Waals surface area contributed by atoms with Crippen molar-refractivity contribution in [2.75, 3.05) is 18.6 Å². The third kappa shape index (κ3) is 3.92. The number of amides is 2. The molecule has 0 aliphatic carbocycles. The molecule has 2 amide bonds. The average Bonchev–Trinajstić information content (AvgIpc) is 2.87. The predicted octanol–water partition coefficient (Wildman–Crippen LogP) is 3.81. The van der Waals surface area contributed by atoms with Crippen LogP contribution in [0.4, 0.5) is 5.69 Å². The molecule has 0 radical (unpaired) electrons. The van der Waals surface area contributed by atoms with E-state index in [0.717, 1.165) is 5.56 Å². The minimum absolute atomic E-state index is 0.183. The topological polar surface area (TPSA) is 80.8 Å². The van der Waals surface area contributed by atoms with Gasteiger partial charge in [-0.3, -0.25) is 14.5 Å². The zero-order valence-corrected chi connectivity index (χ0v) is 16.8. The van der Waals surface area contributed by atoms with Crippen LogP contribution in [0.5, 0.6) is 17.4 Å². The fourth-order valence-corrected chi connectivity index (χ4v) is 3.35. The molecule has 0 atom stereocenters. The molecule has 7 nitrogen and oxygen atoms in total. The van der Waals surface area contributed by atoms with E-state index in [1.165, 1.54) is 11.1 Å². The summed E-state index contributed by atoms with van der Waals surface area (Å²) in [6, 6.07) is 15.5.